The van der Waals surface area contributed by atoms with Gasteiger partial charge >= 0.3 is 0 Å². The number of hydrogen-bond acceptors (Lipinski definition) is 3. The van der Waals surface area contributed by atoms with E-state index in [0.29, 0.717) is 21.7 Å². The number of nitrogens with one attached hydrogen (secondary N) is 2. The Hall–Kier alpha value is -1.59. The predicted molar refractivity (Wildman–Crippen MR) is 104 cm³/mol. The zero-order valence-electron chi connectivity index (χ0n) is 14.1. The molecule has 1 amide bonds. The minimum atomic E-state index is -0.241. The van der Waals surface area contributed by atoms with E-state index in [0.717, 1.165) is 31.9 Å². The highest BCUT2D eigenvalue weighted by Gasteiger charge is 2.16. The van der Waals surface area contributed by atoms with Gasteiger partial charge in [0.15, 0.2) is 0 Å². The molecule has 1 aliphatic rings. The van der Waals surface area contributed by atoms with E-state index in [4.69, 9.17) is 23.2 Å². The average Bonchev–Trinajstić information content (AvgIpc) is 2.55. The number of carbonyl (C=O) groups excluding carboxylic acids is 1. The Morgan fingerprint density at radius 3 is 2.88 bits per heavy atom. The summed E-state index contributed by atoms with van der Waals surface area (Å²) in [5, 5.41) is 7.20. The molecule has 132 valence electrons. The fraction of sp³-hybridized carbons (Fsp3) is 0.316. The van der Waals surface area contributed by atoms with Crippen LogP contribution in [0, 0.1) is 0 Å². The lowest BCUT2D eigenvalue weighted by molar-refractivity contribution is 0.102. The fourth-order valence-corrected chi connectivity index (χ4v) is 3.53. The van der Waals surface area contributed by atoms with Crippen LogP contribution in [-0.2, 0) is 6.54 Å². The van der Waals surface area contributed by atoms with E-state index in [1.54, 1.807) is 18.2 Å². The lowest BCUT2D eigenvalue weighted by Crippen LogP contribution is -2.48. The summed E-state index contributed by atoms with van der Waals surface area (Å²) in [5.74, 6) is -0.241. The predicted octanol–water partition coefficient (Wildman–Crippen LogP) is 4.04. The number of halogens is 2. The average molecular weight is 378 g/mol. The molecule has 0 bridgehead atoms. The van der Waals surface area contributed by atoms with Gasteiger partial charge < -0.3 is 10.6 Å². The first-order valence-electron chi connectivity index (χ1n) is 8.32. The molecule has 2 aromatic rings. The van der Waals surface area contributed by atoms with Crippen molar-refractivity contribution in [2.75, 3.05) is 25.0 Å². The molecule has 1 saturated heterocycles. The third kappa shape index (κ3) is 4.95. The van der Waals surface area contributed by atoms with Gasteiger partial charge in [0.25, 0.3) is 5.91 Å². The molecule has 0 radical (unpaired) electrons. The molecule has 1 aliphatic heterocycles. The quantitative estimate of drug-likeness (QED) is 0.844. The Bertz CT molecular complexity index is 766. The molecule has 2 N–H and O–H groups in total. The van der Waals surface area contributed by atoms with Crippen molar-refractivity contribution in [3.8, 4) is 0 Å². The number of piperazine rings is 1. The zero-order chi connectivity index (χ0) is 17.8. The Balaban J connectivity index is 1.67. The van der Waals surface area contributed by atoms with Crippen molar-refractivity contribution in [3.63, 3.8) is 0 Å². The number of amides is 1. The van der Waals surface area contributed by atoms with Crippen LogP contribution in [0.4, 0.5) is 5.69 Å². The molecular formula is C19H21Cl2N3O. The second-order valence-corrected chi connectivity index (χ2v) is 7.21. The van der Waals surface area contributed by atoms with E-state index in [1.807, 2.05) is 18.2 Å². The smallest absolute Gasteiger partial charge is 0.257 e. The SMILES string of the molecule is CC1CN(Cc2cccc(NC(=O)c3ccc(Cl)cc3Cl)c2)CCN1. The molecule has 6 heteroatoms. The summed E-state index contributed by atoms with van der Waals surface area (Å²) in [6.45, 7) is 6.13. The van der Waals surface area contributed by atoms with Crippen LogP contribution in [-0.4, -0.2) is 36.5 Å². The van der Waals surface area contributed by atoms with Crippen molar-refractivity contribution in [1.29, 1.82) is 0 Å². The Morgan fingerprint density at radius 2 is 2.12 bits per heavy atom. The maximum Gasteiger partial charge on any atom is 0.257 e. The zero-order valence-corrected chi connectivity index (χ0v) is 15.6. The summed E-state index contributed by atoms with van der Waals surface area (Å²) in [6.07, 6.45) is 0. The highest BCUT2D eigenvalue weighted by molar-refractivity contribution is 6.37. The van der Waals surface area contributed by atoms with Crippen molar-refractivity contribution in [3.05, 3.63) is 63.6 Å². The van der Waals surface area contributed by atoms with Crippen LogP contribution >= 0.6 is 23.2 Å². The molecule has 0 saturated carbocycles. The molecule has 1 atom stereocenters. The number of benzene rings is 2. The molecule has 3 rings (SSSR count). The van der Waals surface area contributed by atoms with Crippen LogP contribution in [0.2, 0.25) is 10.0 Å². The third-order valence-corrected chi connectivity index (χ3v) is 4.77. The van der Waals surface area contributed by atoms with Gasteiger partial charge in [-0.3, -0.25) is 9.69 Å². The van der Waals surface area contributed by atoms with Gasteiger partial charge in [0.05, 0.1) is 10.6 Å². The third-order valence-electron chi connectivity index (χ3n) is 4.22. The lowest BCUT2D eigenvalue weighted by Gasteiger charge is -2.31. The summed E-state index contributed by atoms with van der Waals surface area (Å²) in [7, 11) is 0. The molecule has 25 heavy (non-hydrogen) atoms. The van der Waals surface area contributed by atoms with Gasteiger partial charge in [-0.25, -0.2) is 0 Å². The second kappa shape index (κ2) is 8.19. The molecule has 4 nitrogen and oxygen atoms in total. The Morgan fingerprint density at radius 1 is 1.28 bits per heavy atom. The molecule has 2 aromatic carbocycles. The second-order valence-electron chi connectivity index (χ2n) is 6.37. The van der Waals surface area contributed by atoms with E-state index in [9.17, 15) is 4.79 Å². The van der Waals surface area contributed by atoms with Crippen LogP contribution in [0.1, 0.15) is 22.8 Å². The van der Waals surface area contributed by atoms with E-state index >= 15 is 0 Å². The molecule has 1 fully saturated rings. The first-order chi connectivity index (χ1) is 12.0. The van der Waals surface area contributed by atoms with Gasteiger partial charge in [0.1, 0.15) is 0 Å². The minimum absolute atomic E-state index is 0.241. The van der Waals surface area contributed by atoms with Crippen molar-refractivity contribution in [2.24, 2.45) is 0 Å². The van der Waals surface area contributed by atoms with Crippen molar-refractivity contribution >= 4 is 34.8 Å². The summed E-state index contributed by atoms with van der Waals surface area (Å²) in [6, 6.07) is 13.3. The number of anilines is 1. The first kappa shape index (κ1) is 18.2. The van der Waals surface area contributed by atoms with Crippen molar-refractivity contribution in [1.82, 2.24) is 10.2 Å². The normalized spacial score (nSPS) is 18.1. The minimum Gasteiger partial charge on any atom is -0.322 e. The highest BCUT2D eigenvalue weighted by atomic mass is 35.5. The van der Waals surface area contributed by atoms with Crippen LogP contribution < -0.4 is 10.6 Å². The molecule has 1 unspecified atom stereocenters. The highest BCUT2D eigenvalue weighted by Crippen LogP contribution is 2.22. The van der Waals surface area contributed by atoms with Crippen LogP contribution in [0.25, 0.3) is 0 Å². The number of carbonyl (C=O) groups is 1. The maximum atomic E-state index is 12.4. The topological polar surface area (TPSA) is 44.4 Å². The standard InChI is InChI=1S/C19H21Cl2N3O/c1-13-11-24(8-7-22-13)12-14-3-2-4-16(9-14)23-19(25)17-6-5-15(20)10-18(17)21/h2-6,9-10,13,22H,7-8,11-12H2,1H3,(H,23,25). The van der Waals surface area contributed by atoms with Crippen LogP contribution in [0.15, 0.2) is 42.5 Å². The molecule has 0 aliphatic carbocycles. The lowest BCUT2D eigenvalue weighted by atomic mass is 10.1. The molecule has 0 aromatic heterocycles. The van der Waals surface area contributed by atoms with Gasteiger partial charge in [0, 0.05) is 42.9 Å². The van der Waals surface area contributed by atoms with Gasteiger partial charge in [-0.1, -0.05) is 35.3 Å². The van der Waals surface area contributed by atoms with Crippen LogP contribution in [0.5, 0.6) is 0 Å². The Labute approximate surface area is 158 Å². The number of hydrogen-bond donors (Lipinski definition) is 2. The molecule has 1 heterocycles. The summed E-state index contributed by atoms with van der Waals surface area (Å²) < 4.78 is 0. The van der Waals surface area contributed by atoms with Gasteiger partial charge in [-0.05, 0) is 42.8 Å². The van der Waals surface area contributed by atoms with Gasteiger partial charge in [-0.15, -0.1) is 0 Å². The van der Waals surface area contributed by atoms with Gasteiger partial charge in [-0.2, -0.15) is 0 Å². The van der Waals surface area contributed by atoms with E-state index in [1.165, 1.54) is 5.56 Å². The van der Waals surface area contributed by atoms with E-state index < -0.39 is 0 Å². The number of rotatable bonds is 4. The summed E-state index contributed by atoms with van der Waals surface area (Å²) in [4.78, 5) is 14.8. The summed E-state index contributed by atoms with van der Waals surface area (Å²) >= 11 is 12.0. The monoisotopic (exact) mass is 377 g/mol. The van der Waals surface area contributed by atoms with Gasteiger partial charge in [0.2, 0.25) is 0 Å². The van der Waals surface area contributed by atoms with Crippen molar-refractivity contribution < 1.29 is 4.79 Å². The molecule has 0 spiro atoms. The fourth-order valence-electron chi connectivity index (χ4n) is 3.03. The Kier molecular flexibility index (Phi) is 5.97. The largest absolute Gasteiger partial charge is 0.322 e. The number of nitrogens with zero attached hydrogens (tertiary/aromatic N) is 1. The van der Waals surface area contributed by atoms with E-state index in [-0.39, 0.29) is 5.91 Å². The summed E-state index contributed by atoms with van der Waals surface area (Å²) in [5.41, 5.74) is 2.35. The van der Waals surface area contributed by atoms with E-state index in [2.05, 4.69) is 28.5 Å². The van der Waals surface area contributed by atoms with Crippen LogP contribution in [0.3, 0.4) is 0 Å². The maximum absolute atomic E-state index is 12.4. The first-order valence-corrected chi connectivity index (χ1v) is 9.08. The molecular weight excluding hydrogens is 357 g/mol. The van der Waals surface area contributed by atoms with Crippen molar-refractivity contribution in [2.45, 2.75) is 19.5 Å².